The second kappa shape index (κ2) is 7.61. The average Bonchev–Trinajstić information content (AvgIpc) is 3.20. The van der Waals surface area contributed by atoms with Crippen molar-refractivity contribution < 1.29 is 18.3 Å². The zero-order chi connectivity index (χ0) is 20.8. The van der Waals surface area contributed by atoms with Crippen LogP contribution in [0.2, 0.25) is 0 Å². The average molecular weight is 413 g/mol. The number of carbonyl (C=O) groups excluding carboxylic acids is 1. The number of hydrogen-bond acceptors (Lipinski definition) is 4. The van der Waals surface area contributed by atoms with Gasteiger partial charge < -0.3 is 9.64 Å². The molecule has 5 nitrogen and oxygen atoms in total. The first-order valence-electron chi connectivity index (χ1n) is 10.6. The van der Waals surface area contributed by atoms with Crippen LogP contribution in [0.3, 0.4) is 0 Å². The van der Waals surface area contributed by atoms with E-state index in [1.54, 1.807) is 19.2 Å². The van der Waals surface area contributed by atoms with Gasteiger partial charge in [0.15, 0.2) is 11.6 Å². The first-order valence-corrected chi connectivity index (χ1v) is 10.6. The van der Waals surface area contributed by atoms with Crippen LogP contribution in [0.5, 0.6) is 5.88 Å². The number of ether oxygens (including phenoxy) is 1. The highest BCUT2D eigenvalue weighted by molar-refractivity contribution is 5.96. The third-order valence-electron chi connectivity index (χ3n) is 6.76. The predicted octanol–water partition coefficient (Wildman–Crippen LogP) is 3.20. The number of aryl methyl sites for hydroxylation is 2. The van der Waals surface area contributed by atoms with Gasteiger partial charge in [-0.25, -0.2) is 13.8 Å². The molecule has 0 radical (unpaired) electrons. The number of benzene rings is 1. The minimum atomic E-state index is -0.804. The fourth-order valence-corrected chi connectivity index (χ4v) is 5.17. The molecule has 0 unspecified atom stereocenters. The Morgan fingerprint density at radius 3 is 2.93 bits per heavy atom. The number of piperidine rings is 1. The number of aromatic nitrogens is 1. The molecule has 30 heavy (non-hydrogen) atoms. The number of pyridine rings is 1. The SMILES string of the molecule is COc1nc2c(cc1C(=O)N1CC[C@H]3[C@@H](C1)CN3Cc1cccc(F)c1F)CCC2. The van der Waals surface area contributed by atoms with Crippen LogP contribution in [0.25, 0.3) is 0 Å². The third kappa shape index (κ3) is 3.25. The van der Waals surface area contributed by atoms with E-state index in [1.807, 2.05) is 11.0 Å². The standard InChI is InChI=1S/C23H25F2N3O2/c1-30-22-17(10-14-4-3-7-19(14)26-22)23(29)27-9-8-20-16(12-27)13-28(20)11-15-5-2-6-18(24)21(15)25/h2,5-6,10,16,20H,3-4,7-9,11-13H2,1H3/t16-,20-/m0/s1. The lowest BCUT2D eigenvalue weighted by molar-refractivity contribution is -0.0428. The summed E-state index contributed by atoms with van der Waals surface area (Å²) in [6.45, 7) is 2.50. The highest BCUT2D eigenvalue weighted by Gasteiger charge is 2.44. The van der Waals surface area contributed by atoms with Crippen LogP contribution in [0, 0.1) is 17.6 Å². The van der Waals surface area contributed by atoms with Gasteiger partial charge in [-0.1, -0.05) is 12.1 Å². The zero-order valence-corrected chi connectivity index (χ0v) is 17.0. The van der Waals surface area contributed by atoms with E-state index in [9.17, 15) is 13.6 Å². The van der Waals surface area contributed by atoms with Crippen LogP contribution in [0.1, 0.15) is 40.0 Å². The lowest BCUT2D eigenvalue weighted by Crippen LogP contribution is -2.63. The van der Waals surface area contributed by atoms with Crippen molar-refractivity contribution in [3.8, 4) is 5.88 Å². The highest BCUT2D eigenvalue weighted by Crippen LogP contribution is 2.35. The normalized spacial score (nSPS) is 23.0. The topological polar surface area (TPSA) is 45.7 Å². The number of nitrogens with zero attached hydrogens (tertiary/aromatic N) is 3. The molecule has 1 amide bonds. The summed E-state index contributed by atoms with van der Waals surface area (Å²) in [5, 5.41) is 0. The van der Waals surface area contributed by atoms with E-state index in [-0.39, 0.29) is 5.91 Å². The predicted molar refractivity (Wildman–Crippen MR) is 107 cm³/mol. The molecule has 0 spiro atoms. The van der Waals surface area contributed by atoms with E-state index in [0.29, 0.717) is 48.6 Å². The third-order valence-corrected chi connectivity index (χ3v) is 6.76. The first kappa shape index (κ1) is 19.4. The Labute approximate surface area is 174 Å². The van der Waals surface area contributed by atoms with Gasteiger partial charge in [-0.3, -0.25) is 9.69 Å². The molecular formula is C23H25F2N3O2. The van der Waals surface area contributed by atoms with Gasteiger partial charge in [0, 0.05) is 49.4 Å². The van der Waals surface area contributed by atoms with Crippen LogP contribution in [-0.4, -0.2) is 53.5 Å². The van der Waals surface area contributed by atoms with Gasteiger partial charge in [0.2, 0.25) is 5.88 Å². The molecule has 2 fully saturated rings. The van der Waals surface area contributed by atoms with Crippen molar-refractivity contribution in [2.75, 3.05) is 26.7 Å². The van der Waals surface area contributed by atoms with Crippen molar-refractivity contribution in [2.24, 2.45) is 5.92 Å². The van der Waals surface area contributed by atoms with Crippen molar-refractivity contribution >= 4 is 5.91 Å². The van der Waals surface area contributed by atoms with Crippen molar-refractivity contribution in [3.05, 3.63) is 58.3 Å². The molecule has 3 heterocycles. The number of hydrogen-bond donors (Lipinski definition) is 0. The summed E-state index contributed by atoms with van der Waals surface area (Å²) in [5.41, 5.74) is 3.14. The summed E-state index contributed by atoms with van der Waals surface area (Å²) < 4.78 is 32.9. The molecule has 2 atom stereocenters. The van der Waals surface area contributed by atoms with E-state index >= 15 is 0 Å². The number of fused-ring (bicyclic) bond motifs is 2. The summed E-state index contributed by atoms with van der Waals surface area (Å²) in [7, 11) is 1.56. The second-order valence-corrected chi connectivity index (χ2v) is 8.51. The van der Waals surface area contributed by atoms with Crippen LogP contribution in [0.15, 0.2) is 24.3 Å². The van der Waals surface area contributed by atoms with Crippen molar-refractivity contribution in [1.29, 1.82) is 0 Å². The molecule has 1 aromatic carbocycles. The van der Waals surface area contributed by atoms with Gasteiger partial charge >= 0.3 is 0 Å². The maximum atomic E-state index is 14.0. The number of amides is 1. The Morgan fingerprint density at radius 2 is 2.13 bits per heavy atom. The van der Waals surface area contributed by atoms with E-state index < -0.39 is 11.6 Å². The quantitative estimate of drug-likeness (QED) is 0.772. The summed E-state index contributed by atoms with van der Waals surface area (Å²) in [5.74, 6) is -0.818. The molecule has 2 aliphatic heterocycles. The Bertz CT molecular complexity index is 997. The Kier molecular flexibility index (Phi) is 4.93. The van der Waals surface area contributed by atoms with Gasteiger partial charge in [-0.2, -0.15) is 0 Å². The Morgan fingerprint density at radius 1 is 1.27 bits per heavy atom. The van der Waals surface area contributed by atoms with E-state index in [2.05, 4.69) is 9.88 Å². The monoisotopic (exact) mass is 413 g/mol. The molecule has 1 aliphatic carbocycles. The molecule has 7 heteroatoms. The van der Waals surface area contributed by atoms with E-state index in [1.165, 1.54) is 0 Å². The Hall–Kier alpha value is -2.54. The number of halogens is 2. The fraction of sp³-hybridized carbons (Fsp3) is 0.478. The van der Waals surface area contributed by atoms with Crippen LogP contribution in [0.4, 0.5) is 8.78 Å². The molecule has 0 saturated carbocycles. The van der Waals surface area contributed by atoms with Gasteiger partial charge in [-0.05, 0) is 43.4 Å². The van der Waals surface area contributed by atoms with E-state index in [0.717, 1.165) is 49.6 Å². The van der Waals surface area contributed by atoms with Crippen LogP contribution in [-0.2, 0) is 19.4 Å². The maximum Gasteiger partial charge on any atom is 0.259 e. The number of rotatable bonds is 4. The lowest BCUT2D eigenvalue weighted by Gasteiger charge is -2.53. The number of likely N-dealkylation sites (tertiary alicyclic amines) is 2. The second-order valence-electron chi connectivity index (χ2n) is 8.51. The van der Waals surface area contributed by atoms with Gasteiger partial charge in [0.25, 0.3) is 5.91 Å². The molecule has 5 rings (SSSR count). The van der Waals surface area contributed by atoms with Gasteiger partial charge in [-0.15, -0.1) is 0 Å². The van der Waals surface area contributed by atoms with Gasteiger partial charge in [0.05, 0.1) is 7.11 Å². The minimum absolute atomic E-state index is 0.0258. The molecule has 3 aliphatic rings. The summed E-state index contributed by atoms with van der Waals surface area (Å²) in [6.07, 6.45) is 3.80. The lowest BCUT2D eigenvalue weighted by atomic mass is 9.82. The minimum Gasteiger partial charge on any atom is -0.480 e. The molecule has 2 saturated heterocycles. The van der Waals surface area contributed by atoms with Crippen molar-refractivity contribution in [2.45, 2.75) is 38.3 Å². The Balaban J connectivity index is 1.26. The van der Waals surface area contributed by atoms with Crippen LogP contribution < -0.4 is 4.74 Å². The van der Waals surface area contributed by atoms with Crippen molar-refractivity contribution in [1.82, 2.24) is 14.8 Å². The molecule has 1 aromatic heterocycles. The first-order chi connectivity index (χ1) is 14.5. The van der Waals surface area contributed by atoms with Gasteiger partial charge in [0.1, 0.15) is 5.56 Å². The molecule has 0 N–H and O–H groups in total. The van der Waals surface area contributed by atoms with Crippen molar-refractivity contribution in [3.63, 3.8) is 0 Å². The summed E-state index contributed by atoms with van der Waals surface area (Å²) in [4.78, 5) is 21.9. The molecular weight excluding hydrogens is 388 g/mol. The smallest absolute Gasteiger partial charge is 0.259 e. The van der Waals surface area contributed by atoms with E-state index in [4.69, 9.17) is 4.74 Å². The fourth-order valence-electron chi connectivity index (χ4n) is 5.17. The maximum absolute atomic E-state index is 14.0. The number of carbonyl (C=O) groups is 1. The molecule has 2 aromatic rings. The summed E-state index contributed by atoms with van der Waals surface area (Å²) >= 11 is 0. The van der Waals surface area contributed by atoms with Crippen LogP contribution >= 0.6 is 0 Å². The molecule has 158 valence electrons. The highest BCUT2D eigenvalue weighted by atomic mass is 19.2. The zero-order valence-electron chi connectivity index (χ0n) is 17.0. The number of methoxy groups -OCH3 is 1. The molecule has 0 bridgehead atoms. The largest absolute Gasteiger partial charge is 0.480 e. The summed E-state index contributed by atoms with van der Waals surface area (Å²) in [6, 6.07) is 6.59.